The molecule has 8 heteroatoms. The summed E-state index contributed by atoms with van der Waals surface area (Å²) < 4.78 is 14.5. The number of hydrogen-bond acceptors (Lipinski definition) is 4. The highest BCUT2D eigenvalue weighted by atomic mass is 35.5. The number of carbonyl (C=O) groups is 1. The van der Waals surface area contributed by atoms with E-state index in [-0.39, 0.29) is 17.1 Å². The molecule has 2 aromatic heterocycles. The lowest BCUT2D eigenvalue weighted by Gasteiger charge is -2.08. The molecule has 146 valence electrons. The van der Waals surface area contributed by atoms with Crippen molar-refractivity contribution in [2.75, 3.05) is 5.32 Å². The Morgan fingerprint density at radius 1 is 1.24 bits per heavy atom. The molecular weight excluding hydrogens is 413 g/mol. The summed E-state index contributed by atoms with van der Waals surface area (Å²) in [5, 5.41) is 3.02. The predicted molar refractivity (Wildman–Crippen MR) is 114 cm³/mol. The summed E-state index contributed by atoms with van der Waals surface area (Å²) in [4.78, 5) is 31.5. The Bertz CT molecular complexity index is 1280. The van der Waals surface area contributed by atoms with Gasteiger partial charge in [0.1, 0.15) is 17.2 Å². The number of hydrogen-bond donors (Lipinski definition) is 1. The standard InChI is InChI=1S/C21H15ClFN3O2S/c1-12-18(13-5-3-2-4-6-13)19-20(29-12)24-11-26(21(19)28)10-17(27)25-14-7-8-16(23)15(22)9-14/h2-9,11H,10H2,1H3,(H,25,27). The van der Waals surface area contributed by atoms with Gasteiger partial charge in [-0.3, -0.25) is 14.2 Å². The lowest BCUT2D eigenvalue weighted by atomic mass is 10.0. The van der Waals surface area contributed by atoms with E-state index in [9.17, 15) is 14.0 Å². The van der Waals surface area contributed by atoms with Crippen molar-refractivity contribution >= 4 is 44.7 Å². The Hall–Kier alpha value is -3.03. The van der Waals surface area contributed by atoms with E-state index < -0.39 is 11.7 Å². The van der Waals surface area contributed by atoms with Crippen molar-refractivity contribution in [3.8, 4) is 11.1 Å². The third-order valence-corrected chi connectivity index (χ3v) is 5.74. The minimum atomic E-state index is -0.572. The van der Waals surface area contributed by atoms with Crippen LogP contribution in [-0.4, -0.2) is 15.5 Å². The zero-order valence-electron chi connectivity index (χ0n) is 15.3. The van der Waals surface area contributed by atoms with Crippen LogP contribution in [0.3, 0.4) is 0 Å². The topological polar surface area (TPSA) is 64.0 Å². The molecular formula is C21H15ClFN3O2S. The van der Waals surface area contributed by atoms with Gasteiger partial charge in [-0.2, -0.15) is 0 Å². The van der Waals surface area contributed by atoms with Gasteiger partial charge in [0, 0.05) is 16.1 Å². The molecule has 0 spiro atoms. The second-order valence-electron chi connectivity index (χ2n) is 6.43. The van der Waals surface area contributed by atoms with Crippen LogP contribution in [-0.2, 0) is 11.3 Å². The monoisotopic (exact) mass is 427 g/mol. The van der Waals surface area contributed by atoms with Crippen molar-refractivity contribution in [1.82, 2.24) is 9.55 Å². The molecule has 29 heavy (non-hydrogen) atoms. The molecule has 1 N–H and O–H groups in total. The second-order valence-corrected chi connectivity index (χ2v) is 8.04. The van der Waals surface area contributed by atoms with Gasteiger partial charge in [-0.25, -0.2) is 9.37 Å². The van der Waals surface area contributed by atoms with Crippen LogP contribution in [0.1, 0.15) is 4.88 Å². The third-order valence-electron chi connectivity index (χ3n) is 4.43. The van der Waals surface area contributed by atoms with Crippen LogP contribution in [0, 0.1) is 12.7 Å². The first-order chi connectivity index (χ1) is 13.9. The number of amides is 1. The van der Waals surface area contributed by atoms with E-state index in [0.29, 0.717) is 15.9 Å². The molecule has 0 unspecified atom stereocenters. The van der Waals surface area contributed by atoms with Gasteiger partial charge in [0.2, 0.25) is 5.91 Å². The number of benzene rings is 2. The molecule has 5 nitrogen and oxygen atoms in total. The molecule has 0 radical (unpaired) electrons. The summed E-state index contributed by atoms with van der Waals surface area (Å²) in [6.07, 6.45) is 1.37. The molecule has 0 aliphatic heterocycles. The first-order valence-corrected chi connectivity index (χ1v) is 9.92. The van der Waals surface area contributed by atoms with Crippen LogP contribution in [0.4, 0.5) is 10.1 Å². The summed E-state index contributed by atoms with van der Waals surface area (Å²) in [7, 11) is 0. The Morgan fingerprint density at radius 3 is 2.72 bits per heavy atom. The average molecular weight is 428 g/mol. The Balaban J connectivity index is 1.68. The maximum atomic E-state index is 13.3. The minimum absolute atomic E-state index is 0.0932. The summed E-state index contributed by atoms with van der Waals surface area (Å²) >= 11 is 7.18. The molecule has 2 aromatic carbocycles. The van der Waals surface area contributed by atoms with Gasteiger partial charge in [-0.15, -0.1) is 11.3 Å². The zero-order chi connectivity index (χ0) is 20.5. The highest BCUT2D eigenvalue weighted by Gasteiger charge is 2.17. The van der Waals surface area contributed by atoms with Crippen molar-refractivity contribution < 1.29 is 9.18 Å². The number of rotatable bonds is 4. The van der Waals surface area contributed by atoms with Gasteiger partial charge in [0.05, 0.1) is 16.7 Å². The number of nitrogens with one attached hydrogen (secondary N) is 1. The van der Waals surface area contributed by atoms with Crippen LogP contribution in [0.15, 0.2) is 59.7 Å². The van der Waals surface area contributed by atoms with Gasteiger partial charge < -0.3 is 5.32 Å². The molecule has 1 amide bonds. The highest BCUT2D eigenvalue weighted by molar-refractivity contribution is 7.19. The Kier molecular flexibility index (Phi) is 5.17. The molecule has 2 heterocycles. The highest BCUT2D eigenvalue weighted by Crippen LogP contribution is 2.35. The summed E-state index contributed by atoms with van der Waals surface area (Å²) in [5.41, 5.74) is 1.83. The molecule has 0 fully saturated rings. The largest absolute Gasteiger partial charge is 0.324 e. The quantitative estimate of drug-likeness (QED) is 0.505. The van der Waals surface area contributed by atoms with Crippen LogP contribution in [0.5, 0.6) is 0 Å². The molecule has 0 atom stereocenters. The van der Waals surface area contributed by atoms with Crippen LogP contribution in [0.2, 0.25) is 5.02 Å². The van der Waals surface area contributed by atoms with Gasteiger partial charge in [0.15, 0.2) is 0 Å². The number of halogens is 2. The first-order valence-electron chi connectivity index (χ1n) is 8.73. The minimum Gasteiger partial charge on any atom is -0.324 e. The fraction of sp³-hybridized carbons (Fsp3) is 0.0952. The maximum Gasteiger partial charge on any atom is 0.263 e. The van der Waals surface area contributed by atoms with Gasteiger partial charge in [0.25, 0.3) is 5.56 Å². The van der Waals surface area contributed by atoms with Crippen LogP contribution >= 0.6 is 22.9 Å². The summed E-state index contributed by atoms with van der Waals surface area (Å²) in [6.45, 7) is 1.73. The van der Waals surface area contributed by atoms with E-state index in [0.717, 1.165) is 22.1 Å². The fourth-order valence-electron chi connectivity index (χ4n) is 3.13. The number of nitrogens with zero attached hydrogens (tertiary/aromatic N) is 2. The molecule has 0 aliphatic rings. The zero-order valence-corrected chi connectivity index (χ0v) is 16.9. The van der Waals surface area contributed by atoms with E-state index in [2.05, 4.69) is 10.3 Å². The number of aromatic nitrogens is 2. The smallest absolute Gasteiger partial charge is 0.263 e. The Labute approximate surface area is 174 Å². The maximum absolute atomic E-state index is 13.3. The number of fused-ring (bicyclic) bond motifs is 1. The van der Waals surface area contributed by atoms with Gasteiger partial charge in [-0.05, 0) is 30.7 Å². The van der Waals surface area contributed by atoms with E-state index in [1.54, 1.807) is 0 Å². The third kappa shape index (κ3) is 3.79. The SMILES string of the molecule is Cc1sc2ncn(CC(=O)Nc3ccc(F)c(Cl)c3)c(=O)c2c1-c1ccccc1. The van der Waals surface area contributed by atoms with Gasteiger partial charge in [-0.1, -0.05) is 41.9 Å². The molecule has 0 saturated carbocycles. The van der Waals surface area contributed by atoms with Crippen molar-refractivity contribution in [2.24, 2.45) is 0 Å². The van der Waals surface area contributed by atoms with Crippen LogP contribution < -0.4 is 10.9 Å². The molecule has 4 rings (SSSR count). The van der Waals surface area contributed by atoms with Crippen molar-refractivity contribution in [2.45, 2.75) is 13.5 Å². The average Bonchev–Trinajstić information content (AvgIpc) is 3.04. The first kappa shape index (κ1) is 19.3. The summed E-state index contributed by atoms with van der Waals surface area (Å²) in [6, 6.07) is 13.5. The lowest BCUT2D eigenvalue weighted by Crippen LogP contribution is -2.27. The summed E-state index contributed by atoms with van der Waals surface area (Å²) in [5.74, 6) is -1.01. The molecule has 0 aliphatic carbocycles. The second kappa shape index (κ2) is 7.77. The number of thiophene rings is 1. The molecule has 0 bridgehead atoms. The van der Waals surface area contributed by atoms with Crippen molar-refractivity contribution in [1.29, 1.82) is 0 Å². The normalized spacial score (nSPS) is 11.0. The van der Waals surface area contributed by atoms with E-state index in [1.165, 1.54) is 34.4 Å². The van der Waals surface area contributed by atoms with Crippen LogP contribution in [0.25, 0.3) is 21.3 Å². The number of carbonyl (C=O) groups excluding carboxylic acids is 1. The fourth-order valence-corrected chi connectivity index (χ4v) is 4.32. The number of anilines is 1. The lowest BCUT2D eigenvalue weighted by molar-refractivity contribution is -0.116. The Morgan fingerprint density at radius 2 is 2.00 bits per heavy atom. The van der Waals surface area contributed by atoms with E-state index in [1.807, 2.05) is 37.3 Å². The van der Waals surface area contributed by atoms with E-state index in [4.69, 9.17) is 11.6 Å². The van der Waals surface area contributed by atoms with Crippen molar-refractivity contribution in [3.63, 3.8) is 0 Å². The predicted octanol–water partition coefficient (Wildman–Crippen LogP) is 4.86. The number of aryl methyl sites for hydroxylation is 1. The van der Waals surface area contributed by atoms with E-state index >= 15 is 0 Å². The van der Waals surface area contributed by atoms with Crippen molar-refractivity contribution in [3.05, 3.63) is 80.9 Å². The molecule has 0 saturated heterocycles. The van der Waals surface area contributed by atoms with Gasteiger partial charge >= 0.3 is 0 Å². The molecule has 4 aromatic rings.